The molecule has 0 bridgehead atoms. The van der Waals surface area contributed by atoms with Crippen molar-refractivity contribution >= 4 is 34.9 Å². The lowest BCUT2D eigenvalue weighted by Crippen LogP contribution is -2.37. The van der Waals surface area contributed by atoms with E-state index in [2.05, 4.69) is 5.32 Å². The number of nitrogens with one attached hydrogen (secondary N) is 1. The van der Waals surface area contributed by atoms with Gasteiger partial charge < -0.3 is 19.7 Å². The molecule has 0 aromatic heterocycles. The highest BCUT2D eigenvalue weighted by Gasteiger charge is 2.30. The van der Waals surface area contributed by atoms with Crippen LogP contribution in [0.5, 0.6) is 11.5 Å². The summed E-state index contributed by atoms with van der Waals surface area (Å²) in [6.07, 6.45) is 0. The fourth-order valence-electron chi connectivity index (χ4n) is 3.08. The van der Waals surface area contributed by atoms with Gasteiger partial charge >= 0.3 is 6.03 Å². The number of nitrogens with zero attached hydrogens (tertiary/aromatic N) is 2. The first-order chi connectivity index (χ1) is 13.1. The summed E-state index contributed by atoms with van der Waals surface area (Å²) in [6.45, 7) is 1.98. The minimum atomic E-state index is -0.266. The Morgan fingerprint density at radius 1 is 1.04 bits per heavy atom. The number of anilines is 2. The Hall–Kier alpha value is -2.93. The highest BCUT2D eigenvalue weighted by Crippen LogP contribution is 2.32. The van der Waals surface area contributed by atoms with Crippen molar-refractivity contribution in [1.29, 1.82) is 0 Å². The summed E-state index contributed by atoms with van der Waals surface area (Å²) in [6, 6.07) is 12.1. The SMILES string of the molecule is O=C(CN1CCN(c2ccc(Cl)cc2)C1=O)Nc1ccc2c(c1)OCCO2. The number of benzene rings is 2. The van der Waals surface area contributed by atoms with Crippen molar-refractivity contribution in [3.63, 3.8) is 0 Å². The molecule has 2 aliphatic rings. The smallest absolute Gasteiger partial charge is 0.325 e. The summed E-state index contributed by atoms with van der Waals surface area (Å²) in [7, 11) is 0. The number of hydrogen-bond acceptors (Lipinski definition) is 4. The van der Waals surface area contributed by atoms with E-state index in [0.717, 1.165) is 5.69 Å². The van der Waals surface area contributed by atoms with Crippen LogP contribution in [0.2, 0.25) is 5.02 Å². The van der Waals surface area contributed by atoms with E-state index in [1.54, 1.807) is 47.4 Å². The lowest BCUT2D eigenvalue weighted by molar-refractivity contribution is -0.116. The van der Waals surface area contributed by atoms with Gasteiger partial charge in [-0.25, -0.2) is 4.79 Å². The van der Waals surface area contributed by atoms with Crippen LogP contribution >= 0.6 is 11.6 Å². The molecule has 1 fully saturated rings. The second kappa shape index (κ2) is 7.36. The van der Waals surface area contributed by atoms with Gasteiger partial charge in [-0.1, -0.05) is 11.6 Å². The van der Waals surface area contributed by atoms with E-state index < -0.39 is 0 Å². The summed E-state index contributed by atoms with van der Waals surface area (Å²) in [5.41, 5.74) is 1.37. The fraction of sp³-hybridized carbons (Fsp3) is 0.263. The van der Waals surface area contributed by atoms with Crippen LogP contribution in [0.1, 0.15) is 0 Å². The monoisotopic (exact) mass is 387 g/mol. The lowest BCUT2D eigenvalue weighted by atomic mass is 10.2. The van der Waals surface area contributed by atoms with Crippen LogP contribution in [-0.2, 0) is 4.79 Å². The second-order valence-corrected chi connectivity index (χ2v) is 6.68. The summed E-state index contributed by atoms with van der Waals surface area (Å²) in [5.74, 6) is 0.996. The van der Waals surface area contributed by atoms with E-state index in [1.807, 2.05) is 0 Å². The zero-order valence-electron chi connectivity index (χ0n) is 14.5. The molecule has 2 aromatic rings. The standard InChI is InChI=1S/C19H18ClN3O4/c20-13-1-4-15(5-2-13)23-8-7-22(19(23)25)12-18(24)21-14-3-6-16-17(11-14)27-10-9-26-16/h1-6,11H,7-10,12H2,(H,21,24). The Kier molecular flexibility index (Phi) is 4.77. The van der Waals surface area contributed by atoms with Gasteiger partial charge in [-0.15, -0.1) is 0 Å². The molecule has 8 heteroatoms. The predicted octanol–water partition coefficient (Wildman–Crippen LogP) is 2.99. The van der Waals surface area contributed by atoms with Crippen LogP contribution in [-0.4, -0.2) is 49.7 Å². The molecule has 2 heterocycles. The molecule has 0 saturated carbocycles. The van der Waals surface area contributed by atoms with Crippen LogP contribution < -0.4 is 19.7 Å². The molecule has 0 radical (unpaired) electrons. The maximum atomic E-state index is 12.6. The Labute approximate surface area is 161 Å². The first-order valence-corrected chi connectivity index (χ1v) is 8.99. The number of fused-ring (bicyclic) bond motifs is 1. The van der Waals surface area contributed by atoms with Gasteiger partial charge in [-0.2, -0.15) is 0 Å². The number of halogens is 1. The molecule has 2 aliphatic heterocycles. The van der Waals surface area contributed by atoms with Crippen molar-refractivity contribution in [2.24, 2.45) is 0 Å². The third-order valence-corrected chi connectivity index (χ3v) is 4.65. The minimum Gasteiger partial charge on any atom is -0.486 e. The van der Waals surface area contributed by atoms with E-state index in [1.165, 1.54) is 4.90 Å². The first kappa shape index (κ1) is 17.5. The van der Waals surface area contributed by atoms with Crippen LogP contribution in [0.25, 0.3) is 0 Å². The van der Waals surface area contributed by atoms with Gasteiger partial charge in [0.15, 0.2) is 11.5 Å². The molecular formula is C19H18ClN3O4. The van der Waals surface area contributed by atoms with Crippen LogP contribution in [0.4, 0.5) is 16.2 Å². The van der Waals surface area contributed by atoms with E-state index >= 15 is 0 Å². The van der Waals surface area contributed by atoms with Gasteiger partial charge in [0, 0.05) is 35.6 Å². The second-order valence-electron chi connectivity index (χ2n) is 6.24. The largest absolute Gasteiger partial charge is 0.486 e. The molecule has 4 rings (SSSR count). The molecule has 0 unspecified atom stereocenters. The molecule has 3 amide bonds. The molecule has 0 spiro atoms. The number of carbonyl (C=O) groups is 2. The molecule has 7 nitrogen and oxygen atoms in total. The van der Waals surface area contributed by atoms with Crippen molar-refractivity contribution in [2.75, 3.05) is 43.1 Å². The van der Waals surface area contributed by atoms with Crippen LogP contribution in [0, 0.1) is 0 Å². The quantitative estimate of drug-likeness (QED) is 0.875. The number of rotatable bonds is 4. The third kappa shape index (κ3) is 3.78. The summed E-state index contributed by atoms with van der Waals surface area (Å²) in [5, 5.41) is 3.41. The van der Waals surface area contributed by atoms with Crippen LogP contribution in [0.3, 0.4) is 0 Å². The zero-order valence-corrected chi connectivity index (χ0v) is 15.2. The van der Waals surface area contributed by atoms with Crippen LogP contribution in [0.15, 0.2) is 42.5 Å². The average molecular weight is 388 g/mol. The highest BCUT2D eigenvalue weighted by molar-refractivity contribution is 6.30. The summed E-state index contributed by atoms with van der Waals surface area (Å²) >= 11 is 5.89. The molecule has 2 aromatic carbocycles. The molecule has 0 atom stereocenters. The fourth-order valence-corrected chi connectivity index (χ4v) is 3.21. The maximum Gasteiger partial charge on any atom is 0.325 e. The average Bonchev–Trinajstić information content (AvgIpc) is 3.02. The number of urea groups is 1. The first-order valence-electron chi connectivity index (χ1n) is 8.62. The zero-order chi connectivity index (χ0) is 18.8. The van der Waals surface area contributed by atoms with Gasteiger partial charge in [0.1, 0.15) is 19.8 Å². The molecule has 0 aliphatic carbocycles. The molecule has 140 valence electrons. The minimum absolute atomic E-state index is 0.0165. The van der Waals surface area contributed by atoms with Crippen molar-refractivity contribution in [3.05, 3.63) is 47.5 Å². The van der Waals surface area contributed by atoms with Crippen molar-refractivity contribution in [3.8, 4) is 11.5 Å². The molecular weight excluding hydrogens is 370 g/mol. The van der Waals surface area contributed by atoms with E-state index in [4.69, 9.17) is 21.1 Å². The number of ether oxygens (including phenoxy) is 2. The van der Waals surface area contributed by atoms with Gasteiger partial charge in [-0.05, 0) is 36.4 Å². The Balaban J connectivity index is 1.37. The lowest BCUT2D eigenvalue weighted by Gasteiger charge is -2.20. The Bertz CT molecular complexity index is 872. The van der Waals surface area contributed by atoms with E-state index in [0.29, 0.717) is 48.5 Å². The number of carbonyl (C=O) groups excluding carboxylic acids is 2. The van der Waals surface area contributed by atoms with Crippen molar-refractivity contribution < 1.29 is 19.1 Å². The van der Waals surface area contributed by atoms with Gasteiger partial charge in [0.25, 0.3) is 0 Å². The van der Waals surface area contributed by atoms with E-state index in [9.17, 15) is 9.59 Å². The predicted molar refractivity (Wildman–Crippen MR) is 102 cm³/mol. The molecule has 1 saturated heterocycles. The van der Waals surface area contributed by atoms with Crippen molar-refractivity contribution in [1.82, 2.24) is 4.90 Å². The number of amides is 3. The molecule has 27 heavy (non-hydrogen) atoms. The maximum absolute atomic E-state index is 12.6. The molecule has 1 N–H and O–H groups in total. The van der Waals surface area contributed by atoms with Gasteiger partial charge in [0.2, 0.25) is 5.91 Å². The topological polar surface area (TPSA) is 71.1 Å². The Morgan fingerprint density at radius 3 is 2.56 bits per heavy atom. The van der Waals surface area contributed by atoms with E-state index in [-0.39, 0.29) is 18.5 Å². The Morgan fingerprint density at radius 2 is 1.78 bits per heavy atom. The number of hydrogen-bond donors (Lipinski definition) is 1. The highest BCUT2D eigenvalue weighted by atomic mass is 35.5. The normalized spacial score (nSPS) is 15.8. The summed E-state index contributed by atoms with van der Waals surface area (Å²) < 4.78 is 11.0. The third-order valence-electron chi connectivity index (χ3n) is 4.39. The summed E-state index contributed by atoms with van der Waals surface area (Å²) in [4.78, 5) is 28.1. The van der Waals surface area contributed by atoms with Gasteiger partial charge in [-0.3, -0.25) is 9.69 Å². The van der Waals surface area contributed by atoms with Crippen molar-refractivity contribution in [2.45, 2.75) is 0 Å². The van der Waals surface area contributed by atoms with Gasteiger partial charge in [0.05, 0.1) is 0 Å².